The van der Waals surface area contributed by atoms with Gasteiger partial charge >= 0.3 is 0 Å². The van der Waals surface area contributed by atoms with E-state index in [4.69, 9.17) is 5.11 Å². The summed E-state index contributed by atoms with van der Waals surface area (Å²) in [6, 6.07) is 0.285. The van der Waals surface area contributed by atoms with Crippen molar-refractivity contribution in [3.05, 3.63) is 0 Å². The molecular formula is C10H23NO. The third kappa shape index (κ3) is 6.62. The van der Waals surface area contributed by atoms with Gasteiger partial charge in [-0.15, -0.1) is 0 Å². The van der Waals surface area contributed by atoms with Crippen molar-refractivity contribution in [3.63, 3.8) is 0 Å². The first-order chi connectivity index (χ1) is 5.56. The molecule has 0 aromatic carbocycles. The molecule has 1 unspecified atom stereocenters. The van der Waals surface area contributed by atoms with Gasteiger partial charge in [0.15, 0.2) is 0 Å². The zero-order valence-corrected chi connectivity index (χ0v) is 8.80. The van der Waals surface area contributed by atoms with E-state index in [-0.39, 0.29) is 12.6 Å². The maximum atomic E-state index is 9.03. The van der Waals surface area contributed by atoms with Crippen LogP contribution in [0.2, 0.25) is 0 Å². The molecule has 0 radical (unpaired) electrons. The molecule has 0 rings (SSSR count). The maximum Gasteiger partial charge on any atom is 0.0584 e. The minimum atomic E-state index is 0.255. The van der Waals surface area contributed by atoms with E-state index in [1.165, 1.54) is 0 Å². The van der Waals surface area contributed by atoms with Gasteiger partial charge in [-0.1, -0.05) is 27.7 Å². The molecule has 12 heavy (non-hydrogen) atoms. The van der Waals surface area contributed by atoms with Crippen molar-refractivity contribution < 1.29 is 5.11 Å². The number of hydrogen-bond acceptors (Lipinski definition) is 2. The summed E-state index contributed by atoms with van der Waals surface area (Å²) in [6.07, 6.45) is 1.06. The molecule has 0 spiro atoms. The van der Waals surface area contributed by atoms with Crippen molar-refractivity contribution in [3.8, 4) is 0 Å². The molecule has 0 saturated heterocycles. The normalized spacial score (nSPS) is 14.2. The van der Waals surface area contributed by atoms with Gasteiger partial charge in [0.2, 0.25) is 0 Å². The Hall–Kier alpha value is -0.0800. The minimum Gasteiger partial charge on any atom is -0.395 e. The van der Waals surface area contributed by atoms with Crippen LogP contribution in [0.5, 0.6) is 0 Å². The molecule has 74 valence electrons. The molecule has 0 bridgehead atoms. The van der Waals surface area contributed by atoms with E-state index in [0.717, 1.165) is 13.0 Å². The molecule has 0 heterocycles. The second-order valence-corrected chi connectivity index (χ2v) is 4.31. The third-order valence-electron chi connectivity index (χ3n) is 1.79. The maximum absolute atomic E-state index is 9.03. The van der Waals surface area contributed by atoms with Gasteiger partial charge in [-0.3, -0.25) is 0 Å². The highest BCUT2D eigenvalue weighted by atomic mass is 16.3. The highest BCUT2D eigenvalue weighted by Crippen LogP contribution is 2.04. The van der Waals surface area contributed by atoms with Crippen LogP contribution in [0.25, 0.3) is 0 Å². The fourth-order valence-electron chi connectivity index (χ4n) is 1.19. The average molecular weight is 173 g/mol. The summed E-state index contributed by atoms with van der Waals surface area (Å²) in [6.45, 7) is 9.97. The van der Waals surface area contributed by atoms with Crippen LogP contribution >= 0.6 is 0 Å². The smallest absolute Gasteiger partial charge is 0.0584 e. The summed E-state index contributed by atoms with van der Waals surface area (Å²) < 4.78 is 0. The summed E-state index contributed by atoms with van der Waals surface area (Å²) in [7, 11) is 0. The van der Waals surface area contributed by atoms with Crippen molar-refractivity contribution >= 4 is 0 Å². The van der Waals surface area contributed by atoms with Crippen LogP contribution < -0.4 is 5.32 Å². The van der Waals surface area contributed by atoms with Crippen molar-refractivity contribution in [2.24, 2.45) is 11.8 Å². The van der Waals surface area contributed by atoms with Crippen LogP contribution in [-0.2, 0) is 0 Å². The summed E-state index contributed by atoms with van der Waals surface area (Å²) in [5.41, 5.74) is 0. The lowest BCUT2D eigenvalue weighted by molar-refractivity contribution is 0.221. The first kappa shape index (κ1) is 11.9. The lowest BCUT2D eigenvalue weighted by atomic mass is 10.0. The SMILES string of the molecule is CC(C)CNC(CO)CC(C)C. The number of nitrogens with one attached hydrogen (secondary N) is 1. The predicted molar refractivity (Wildman–Crippen MR) is 53.2 cm³/mol. The van der Waals surface area contributed by atoms with E-state index in [1.54, 1.807) is 0 Å². The molecule has 2 N–H and O–H groups in total. The highest BCUT2D eigenvalue weighted by molar-refractivity contribution is 4.67. The molecular weight excluding hydrogens is 150 g/mol. The Kier molecular flexibility index (Phi) is 6.39. The minimum absolute atomic E-state index is 0.255. The molecule has 0 aromatic heterocycles. The van der Waals surface area contributed by atoms with E-state index in [9.17, 15) is 0 Å². The molecule has 0 aliphatic rings. The van der Waals surface area contributed by atoms with Gasteiger partial charge in [0, 0.05) is 6.04 Å². The Morgan fingerprint density at radius 1 is 1.08 bits per heavy atom. The van der Waals surface area contributed by atoms with E-state index < -0.39 is 0 Å². The lowest BCUT2D eigenvalue weighted by Crippen LogP contribution is -2.36. The van der Waals surface area contributed by atoms with Crippen LogP contribution in [0.1, 0.15) is 34.1 Å². The number of aliphatic hydroxyl groups is 1. The summed E-state index contributed by atoms with van der Waals surface area (Å²) in [5, 5.41) is 12.4. The van der Waals surface area contributed by atoms with E-state index in [2.05, 4.69) is 33.0 Å². The second kappa shape index (κ2) is 6.44. The fraction of sp³-hybridized carbons (Fsp3) is 1.00. The standard InChI is InChI=1S/C10H23NO/c1-8(2)5-10(7-12)11-6-9(3)4/h8-12H,5-7H2,1-4H3. The van der Waals surface area contributed by atoms with Gasteiger partial charge in [-0.25, -0.2) is 0 Å². The molecule has 0 aliphatic carbocycles. The van der Waals surface area contributed by atoms with Crippen LogP contribution in [0, 0.1) is 11.8 Å². The van der Waals surface area contributed by atoms with Crippen molar-refractivity contribution in [1.29, 1.82) is 0 Å². The first-order valence-electron chi connectivity index (χ1n) is 4.90. The zero-order chi connectivity index (χ0) is 9.56. The second-order valence-electron chi connectivity index (χ2n) is 4.31. The van der Waals surface area contributed by atoms with Gasteiger partial charge in [0.05, 0.1) is 6.61 Å². The number of aliphatic hydroxyl groups excluding tert-OH is 1. The summed E-state index contributed by atoms with van der Waals surface area (Å²) >= 11 is 0. The van der Waals surface area contributed by atoms with Crippen LogP contribution in [0.15, 0.2) is 0 Å². The summed E-state index contributed by atoms with van der Waals surface area (Å²) in [4.78, 5) is 0. The topological polar surface area (TPSA) is 32.3 Å². The van der Waals surface area contributed by atoms with Gasteiger partial charge in [-0.05, 0) is 24.8 Å². The lowest BCUT2D eigenvalue weighted by Gasteiger charge is -2.19. The van der Waals surface area contributed by atoms with Crippen LogP contribution in [0.3, 0.4) is 0 Å². The van der Waals surface area contributed by atoms with Crippen molar-refractivity contribution in [1.82, 2.24) is 5.32 Å². The van der Waals surface area contributed by atoms with Crippen molar-refractivity contribution in [2.75, 3.05) is 13.2 Å². The van der Waals surface area contributed by atoms with E-state index >= 15 is 0 Å². The Balaban J connectivity index is 3.53. The van der Waals surface area contributed by atoms with Crippen molar-refractivity contribution in [2.45, 2.75) is 40.2 Å². The average Bonchev–Trinajstić information content (AvgIpc) is 1.97. The molecule has 0 fully saturated rings. The van der Waals surface area contributed by atoms with Gasteiger partial charge < -0.3 is 10.4 Å². The van der Waals surface area contributed by atoms with Gasteiger partial charge in [-0.2, -0.15) is 0 Å². The molecule has 1 atom stereocenters. The number of rotatable bonds is 6. The van der Waals surface area contributed by atoms with E-state index in [0.29, 0.717) is 11.8 Å². The Labute approximate surface area is 76.4 Å². The predicted octanol–water partition coefficient (Wildman–Crippen LogP) is 1.64. The third-order valence-corrected chi connectivity index (χ3v) is 1.79. The Morgan fingerprint density at radius 3 is 2.00 bits per heavy atom. The highest BCUT2D eigenvalue weighted by Gasteiger charge is 2.08. The molecule has 0 aromatic rings. The monoisotopic (exact) mass is 173 g/mol. The summed E-state index contributed by atoms with van der Waals surface area (Å²) in [5.74, 6) is 1.31. The largest absolute Gasteiger partial charge is 0.395 e. The van der Waals surface area contributed by atoms with E-state index in [1.807, 2.05) is 0 Å². The fourth-order valence-corrected chi connectivity index (χ4v) is 1.19. The Morgan fingerprint density at radius 2 is 1.67 bits per heavy atom. The number of hydrogen-bond donors (Lipinski definition) is 2. The van der Waals surface area contributed by atoms with Crippen LogP contribution in [-0.4, -0.2) is 24.3 Å². The molecule has 2 nitrogen and oxygen atoms in total. The van der Waals surface area contributed by atoms with Gasteiger partial charge in [0.1, 0.15) is 0 Å². The molecule has 0 saturated carbocycles. The molecule has 0 amide bonds. The quantitative estimate of drug-likeness (QED) is 0.640. The van der Waals surface area contributed by atoms with Gasteiger partial charge in [0.25, 0.3) is 0 Å². The zero-order valence-electron chi connectivity index (χ0n) is 8.80. The first-order valence-corrected chi connectivity index (χ1v) is 4.90. The molecule has 0 aliphatic heterocycles. The Bertz CT molecular complexity index is 102. The van der Waals surface area contributed by atoms with Crippen LogP contribution in [0.4, 0.5) is 0 Å². The molecule has 2 heteroatoms.